The second kappa shape index (κ2) is 6.51. The lowest BCUT2D eigenvalue weighted by Gasteiger charge is -2.04. The zero-order valence-corrected chi connectivity index (χ0v) is 16.3. The van der Waals surface area contributed by atoms with Crippen LogP contribution in [0.25, 0.3) is 32.5 Å². The predicted octanol–water partition coefficient (Wildman–Crippen LogP) is 6.31. The molecule has 4 aromatic rings. The molecule has 0 fully saturated rings. The lowest BCUT2D eigenvalue weighted by Crippen LogP contribution is -2.11. The van der Waals surface area contributed by atoms with E-state index < -0.39 is 0 Å². The van der Waals surface area contributed by atoms with Gasteiger partial charge in [-0.3, -0.25) is 10.1 Å². The maximum Gasteiger partial charge on any atom is 0.257 e. The highest BCUT2D eigenvalue weighted by molar-refractivity contribution is 7.99. The van der Waals surface area contributed by atoms with Crippen LogP contribution in [-0.2, 0) is 0 Å². The van der Waals surface area contributed by atoms with Gasteiger partial charge < -0.3 is 0 Å². The number of amides is 1. The topological polar surface area (TPSA) is 42.0 Å². The molecule has 0 saturated carbocycles. The molecule has 27 heavy (non-hydrogen) atoms. The number of thiazole rings is 1. The van der Waals surface area contributed by atoms with E-state index in [1.54, 1.807) is 11.8 Å². The van der Waals surface area contributed by atoms with Gasteiger partial charge in [-0.25, -0.2) is 4.98 Å². The van der Waals surface area contributed by atoms with Crippen LogP contribution in [-0.4, -0.2) is 16.6 Å². The number of anilines is 1. The first kappa shape index (κ1) is 16.5. The van der Waals surface area contributed by atoms with E-state index in [0.29, 0.717) is 10.7 Å². The summed E-state index contributed by atoms with van der Waals surface area (Å²) in [7, 11) is 0. The number of rotatable bonds is 4. The van der Waals surface area contributed by atoms with Gasteiger partial charge in [-0.15, -0.1) is 11.8 Å². The Morgan fingerprint density at radius 1 is 1.04 bits per heavy atom. The van der Waals surface area contributed by atoms with Crippen molar-refractivity contribution in [2.75, 3.05) is 11.1 Å². The second-order valence-electron chi connectivity index (χ2n) is 6.32. The molecule has 0 atom stereocenters. The van der Waals surface area contributed by atoms with Gasteiger partial charge in [-0.1, -0.05) is 54.7 Å². The maximum atomic E-state index is 12.6. The monoisotopic (exact) mass is 388 g/mol. The molecule has 0 radical (unpaired) electrons. The van der Waals surface area contributed by atoms with Crippen LogP contribution in [0, 0.1) is 0 Å². The molecule has 0 saturated heterocycles. The summed E-state index contributed by atoms with van der Waals surface area (Å²) in [4.78, 5) is 19.6. The minimum absolute atomic E-state index is 0.123. The molecule has 3 nitrogen and oxygen atoms in total. The molecule has 5 heteroatoms. The van der Waals surface area contributed by atoms with Crippen LogP contribution in [0.4, 0.5) is 5.13 Å². The zero-order chi connectivity index (χ0) is 18.4. The second-order valence-corrected chi connectivity index (χ2v) is 8.65. The van der Waals surface area contributed by atoms with Crippen LogP contribution in [0.1, 0.15) is 17.3 Å². The van der Waals surface area contributed by atoms with Gasteiger partial charge in [0.1, 0.15) is 0 Å². The molecule has 1 aliphatic rings. The van der Waals surface area contributed by atoms with Crippen LogP contribution in [0.15, 0.2) is 65.6 Å². The van der Waals surface area contributed by atoms with Crippen molar-refractivity contribution in [2.24, 2.45) is 0 Å². The number of fused-ring (bicyclic) bond motifs is 3. The summed E-state index contributed by atoms with van der Waals surface area (Å²) in [6, 6.07) is 20.3. The number of benzene rings is 3. The Labute approximate surface area is 165 Å². The molecule has 1 heterocycles. The number of aromatic nitrogens is 1. The molecular weight excluding hydrogens is 372 g/mol. The van der Waals surface area contributed by atoms with Gasteiger partial charge in [0.2, 0.25) is 0 Å². The Morgan fingerprint density at radius 3 is 2.52 bits per heavy atom. The van der Waals surface area contributed by atoms with E-state index in [0.717, 1.165) is 21.9 Å². The van der Waals surface area contributed by atoms with Crippen LogP contribution in [0.2, 0.25) is 0 Å². The quantitative estimate of drug-likeness (QED) is 0.367. The molecule has 5 rings (SSSR count). The molecule has 3 aromatic carbocycles. The van der Waals surface area contributed by atoms with Crippen molar-refractivity contribution in [3.05, 3.63) is 66.2 Å². The first-order valence-corrected chi connectivity index (χ1v) is 10.6. The molecule has 0 bridgehead atoms. The number of hydrogen-bond donors (Lipinski definition) is 1. The van der Waals surface area contributed by atoms with Gasteiger partial charge in [-0.05, 0) is 40.8 Å². The van der Waals surface area contributed by atoms with Gasteiger partial charge >= 0.3 is 0 Å². The van der Waals surface area contributed by atoms with E-state index in [2.05, 4.69) is 48.6 Å². The molecule has 1 amide bonds. The summed E-state index contributed by atoms with van der Waals surface area (Å²) in [6.07, 6.45) is 0. The summed E-state index contributed by atoms with van der Waals surface area (Å²) in [5, 5.41) is 6.09. The smallest absolute Gasteiger partial charge is 0.257 e. The zero-order valence-electron chi connectivity index (χ0n) is 14.7. The highest BCUT2D eigenvalue weighted by Gasteiger charge is 2.26. The highest BCUT2D eigenvalue weighted by atomic mass is 32.2. The maximum absolute atomic E-state index is 12.6. The SMILES string of the molecule is CCSc1ccc(C(=O)Nc2nc3c(s2)-c2cccc4cccc-3c24)cc1. The van der Waals surface area contributed by atoms with Gasteiger partial charge in [0.25, 0.3) is 5.91 Å². The van der Waals surface area contributed by atoms with E-state index >= 15 is 0 Å². The molecule has 0 unspecified atom stereocenters. The lowest BCUT2D eigenvalue weighted by atomic mass is 10.0. The third kappa shape index (κ3) is 2.74. The van der Waals surface area contributed by atoms with Crippen molar-refractivity contribution in [3.8, 4) is 21.7 Å². The van der Waals surface area contributed by atoms with Crippen molar-refractivity contribution in [3.63, 3.8) is 0 Å². The summed E-state index contributed by atoms with van der Waals surface area (Å²) < 4.78 is 0. The fraction of sp³-hybridized carbons (Fsp3) is 0.0909. The number of thioether (sulfide) groups is 1. The average molecular weight is 389 g/mol. The fourth-order valence-electron chi connectivity index (χ4n) is 3.50. The van der Waals surface area contributed by atoms with Crippen molar-refractivity contribution in [2.45, 2.75) is 11.8 Å². The molecular formula is C22H16N2OS2. The van der Waals surface area contributed by atoms with E-state index in [4.69, 9.17) is 4.98 Å². The standard InChI is InChI=1S/C22H16N2OS2/c1-2-26-15-11-9-14(10-12-15)21(25)24-22-23-19-16-7-3-5-13-6-4-8-17(18(13)16)20(19)27-22/h3-12H,2H2,1H3,(H,23,24,25). The van der Waals surface area contributed by atoms with Crippen LogP contribution in [0.5, 0.6) is 0 Å². The van der Waals surface area contributed by atoms with E-state index in [1.807, 2.05) is 24.3 Å². The van der Waals surface area contributed by atoms with Gasteiger partial charge in [0.05, 0.1) is 10.6 Å². The predicted molar refractivity (Wildman–Crippen MR) is 115 cm³/mol. The summed E-state index contributed by atoms with van der Waals surface area (Å²) in [6.45, 7) is 2.12. The average Bonchev–Trinajstić information content (AvgIpc) is 3.22. The molecule has 1 aromatic heterocycles. The molecule has 0 spiro atoms. The molecule has 1 aliphatic carbocycles. The van der Waals surface area contributed by atoms with Gasteiger partial charge in [0.15, 0.2) is 5.13 Å². The van der Waals surface area contributed by atoms with E-state index in [9.17, 15) is 4.79 Å². The normalized spacial score (nSPS) is 11.6. The molecule has 132 valence electrons. The van der Waals surface area contributed by atoms with Crippen molar-refractivity contribution >= 4 is 44.9 Å². The fourth-order valence-corrected chi connectivity index (χ4v) is 5.17. The first-order valence-electron chi connectivity index (χ1n) is 8.82. The first-order chi connectivity index (χ1) is 13.2. The number of nitrogens with zero attached hydrogens (tertiary/aromatic N) is 1. The Bertz CT molecular complexity index is 1120. The lowest BCUT2D eigenvalue weighted by molar-refractivity contribution is 0.102. The molecule has 1 N–H and O–H groups in total. The minimum Gasteiger partial charge on any atom is -0.298 e. The van der Waals surface area contributed by atoms with E-state index in [-0.39, 0.29) is 5.91 Å². The number of carbonyl (C=O) groups is 1. The van der Waals surface area contributed by atoms with Crippen LogP contribution in [0.3, 0.4) is 0 Å². The Balaban J connectivity index is 1.44. The molecule has 0 aliphatic heterocycles. The van der Waals surface area contributed by atoms with Gasteiger partial charge in [-0.2, -0.15) is 0 Å². The van der Waals surface area contributed by atoms with E-state index in [1.165, 1.54) is 32.6 Å². The third-order valence-electron chi connectivity index (χ3n) is 4.68. The number of carbonyl (C=O) groups excluding carboxylic acids is 1. The van der Waals surface area contributed by atoms with Crippen molar-refractivity contribution in [1.82, 2.24) is 4.98 Å². The highest BCUT2D eigenvalue weighted by Crippen LogP contribution is 2.50. The Morgan fingerprint density at radius 2 is 1.78 bits per heavy atom. The third-order valence-corrected chi connectivity index (χ3v) is 6.58. The van der Waals surface area contributed by atoms with Gasteiger partial charge in [0, 0.05) is 21.6 Å². The Hall–Kier alpha value is -2.63. The van der Waals surface area contributed by atoms with Crippen LogP contribution < -0.4 is 5.32 Å². The van der Waals surface area contributed by atoms with Crippen molar-refractivity contribution in [1.29, 1.82) is 0 Å². The largest absolute Gasteiger partial charge is 0.298 e. The number of nitrogens with one attached hydrogen (secondary N) is 1. The Kier molecular flexibility index (Phi) is 3.99. The summed E-state index contributed by atoms with van der Waals surface area (Å²) >= 11 is 3.30. The summed E-state index contributed by atoms with van der Waals surface area (Å²) in [5.74, 6) is 0.895. The van der Waals surface area contributed by atoms with Crippen molar-refractivity contribution < 1.29 is 4.79 Å². The number of hydrogen-bond acceptors (Lipinski definition) is 4. The van der Waals surface area contributed by atoms with Crippen LogP contribution >= 0.6 is 23.1 Å². The minimum atomic E-state index is -0.123. The summed E-state index contributed by atoms with van der Waals surface area (Å²) in [5.41, 5.74) is 3.97.